The second-order valence-corrected chi connectivity index (χ2v) is 13.7. The Kier molecular flexibility index (Phi) is 7.88. The van der Waals surface area contributed by atoms with Crippen LogP contribution < -0.4 is 19.8 Å². The molecule has 2 aliphatic heterocycles. The van der Waals surface area contributed by atoms with Crippen molar-refractivity contribution >= 4 is 38.8 Å². The minimum Gasteiger partial charge on any atom is -0.395 e. The van der Waals surface area contributed by atoms with E-state index in [0.717, 1.165) is 18.9 Å². The van der Waals surface area contributed by atoms with Crippen LogP contribution in [0.1, 0.15) is 61.5 Å². The van der Waals surface area contributed by atoms with Gasteiger partial charge in [0.25, 0.3) is 11.8 Å². The standard InChI is InChI=1S/C28H36F3N5O4S/c1-18-13-20(14-25(32-18)36-11-7-28(30,31)8-12-36)33-26(38)21-15-22(29)23(34-41(39,40)19(2)17-37)16-24(21)35-9-5-27(3-4-27)6-10-35/h13-16,19,34,37H,3-12,17H2,1-2H3,(H,32,33,38)/t19-/m0/s1. The molecule has 0 radical (unpaired) electrons. The van der Waals surface area contributed by atoms with Crippen molar-refractivity contribution in [3.63, 3.8) is 0 Å². The highest BCUT2D eigenvalue weighted by Crippen LogP contribution is 2.54. The quantitative estimate of drug-likeness (QED) is 0.411. The molecule has 41 heavy (non-hydrogen) atoms. The minimum absolute atomic E-state index is 0.0426. The van der Waals surface area contributed by atoms with Crippen LogP contribution in [0.5, 0.6) is 0 Å². The van der Waals surface area contributed by atoms with Gasteiger partial charge in [0.05, 0.1) is 23.5 Å². The molecule has 9 nitrogen and oxygen atoms in total. The molecule has 0 unspecified atom stereocenters. The second-order valence-electron chi connectivity index (χ2n) is 11.6. The number of pyridine rings is 1. The van der Waals surface area contributed by atoms with E-state index in [9.17, 15) is 27.1 Å². The molecule has 1 aromatic carbocycles. The average molecular weight is 596 g/mol. The number of alkyl halides is 2. The molecule has 3 heterocycles. The molecule has 3 fully saturated rings. The third-order valence-electron chi connectivity index (χ3n) is 8.51. The van der Waals surface area contributed by atoms with Gasteiger partial charge in [-0.05, 0) is 63.1 Å². The number of carbonyl (C=O) groups is 1. The van der Waals surface area contributed by atoms with Crippen molar-refractivity contribution in [1.29, 1.82) is 0 Å². The molecule has 2 saturated heterocycles. The number of halogens is 3. The van der Waals surface area contributed by atoms with Gasteiger partial charge in [0, 0.05) is 56.5 Å². The van der Waals surface area contributed by atoms with Crippen molar-refractivity contribution in [2.75, 3.05) is 52.6 Å². The van der Waals surface area contributed by atoms with Crippen LogP contribution >= 0.6 is 0 Å². The summed E-state index contributed by atoms with van der Waals surface area (Å²) in [6, 6.07) is 5.62. The number of rotatable bonds is 8. The number of aromatic nitrogens is 1. The summed E-state index contributed by atoms with van der Waals surface area (Å²) in [4.78, 5) is 21.8. The Morgan fingerprint density at radius 3 is 2.27 bits per heavy atom. The number of aryl methyl sites for hydroxylation is 1. The van der Waals surface area contributed by atoms with Gasteiger partial charge in [-0.2, -0.15) is 0 Å². The largest absolute Gasteiger partial charge is 0.395 e. The summed E-state index contributed by atoms with van der Waals surface area (Å²) >= 11 is 0. The van der Waals surface area contributed by atoms with Crippen molar-refractivity contribution in [2.24, 2.45) is 5.41 Å². The lowest BCUT2D eigenvalue weighted by Crippen LogP contribution is -2.39. The first-order valence-electron chi connectivity index (χ1n) is 13.9. The van der Waals surface area contributed by atoms with Gasteiger partial charge < -0.3 is 20.2 Å². The summed E-state index contributed by atoms with van der Waals surface area (Å²) in [6.07, 6.45) is 3.63. The van der Waals surface area contributed by atoms with Gasteiger partial charge in [-0.3, -0.25) is 9.52 Å². The van der Waals surface area contributed by atoms with E-state index in [1.807, 2.05) is 4.90 Å². The topological polar surface area (TPSA) is 115 Å². The number of hydrogen-bond acceptors (Lipinski definition) is 7. The fourth-order valence-corrected chi connectivity index (χ4v) is 6.34. The molecule has 5 rings (SSSR count). The molecule has 3 N–H and O–H groups in total. The predicted molar refractivity (Wildman–Crippen MR) is 152 cm³/mol. The number of amides is 1. The Labute approximate surface area is 238 Å². The Morgan fingerprint density at radius 2 is 1.66 bits per heavy atom. The molecule has 0 bridgehead atoms. The number of carbonyl (C=O) groups excluding carboxylic acids is 1. The maximum atomic E-state index is 15.3. The number of nitrogens with zero attached hydrogens (tertiary/aromatic N) is 3. The molecule has 1 atom stereocenters. The smallest absolute Gasteiger partial charge is 0.257 e. The molecule has 1 aliphatic carbocycles. The third kappa shape index (κ3) is 6.56. The van der Waals surface area contributed by atoms with Crippen LogP contribution in [0.25, 0.3) is 0 Å². The van der Waals surface area contributed by atoms with Gasteiger partial charge in [-0.25, -0.2) is 26.6 Å². The van der Waals surface area contributed by atoms with E-state index in [-0.39, 0.29) is 37.2 Å². The normalized spacial score (nSPS) is 20.5. The van der Waals surface area contributed by atoms with Gasteiger partial charge in [-0.15, -0.1) is 0 Å². The zero-order chi connectivity index (χ0) is 29.6. The second kappa shape index (κ2) is 11.0. The van der Waals surface area contributed by atoms with E-state index in [0.29, 0.717) is 41.4 Å². The number of piperidine rings is 2. The summed E-state index contributed by atoms with van der Waals surface area (Å²) in [6.45, 7) is 3.96. The van der Waals surface area contributed by atoms with E-state index >= 15 is 4.39 Å². The number of aliphatic hydroxyl groups excluding tert-OH is 1. The van der Waals surface area contributed by atoms with E-state index in [2.05, 4.69) is 15.0 Å². The van der Waals surface area contributed by atoms with E-state index in [4.69, 9.17) is 0 Å². The summed E-state index contributed by atoms with van der Waals surface area (Å²) in [7, 11) is -4.07. The van der Waals surface area contributed by atoms with Gasteiger partial charge >= 0.3 is 0 Å². The maximum Gasteiger partial charge on any atom is 0.257 e. The molecule has 1 saturated carbocycles. The molecular formula is C28H36F3N5O4S. The lowest BCUT2D eigenvalue weighted by molar-refractivity contribution is -0.0221. The molecule has 2 aromatic rings. The van der Waals surface area contributed by atoms with Crippen molar-refractivity contribution in [3.05, 3.63) is 41.3 Å². The van der Waals surface area contributed by atoms with Crippen molar-refractivity contribution < 1.29 is 31.5 Å². The monoisotopic (exact) mass is 595 g/mol. The van der Waals surface area contributed by atoms with Gasteiger partial charge in [0.15, 0.2) is 0 Å². The Bertz CT molecular complexity index is 1410. The van der Waals surface area contributed by atoms with Crippen molar-refractivity contribution in [3.8, 4) is 0 Å². The summed E-state index contributed by atoms with van der Waals surface area (Å²) in [5, 5.41) is 11.0. The zero-order valence-electron chi connectivity index (χ0n) is 23.2. The first-order valence-corrected chi connectivity index (χ1v) is 15.5. The van der Waals surface area contributed by atoms with Gasteiger partial charge in [-0.1, -0.05) is 0 Å². The number of sulfonamides is 1. The molecule has 3 aliphatic rings. The Balaban J connectivity index is 1.43. The molecule has 1 spiro atoms. The summed E-state index contributed by atoms with van der Waals surface area (Å²) in [5.74, 6) is -3.76. The van der Waals surface area contributed by atoms with Crippen molar-refractivity contribution in [2.45, 2.75) is 63.5 Å². The van der Waals surface area contributed by atoms with Gasteiger partial charge in [0.1, 0.15) is 16.9 Å². The lowest BCUT2D eigenvalue weighted by Gasteiger charge is -2.35. The average Bonchev–Trinajstić information content (AvgIpc) is 3.67. The van der Waals surface area contributed by atoms with E-state index in [1.165, 1.54) is 25.8 Å². The minimum atomic E-state index is -4.07. The number of benzene rings is 1. The van der Waals surface area contributed by atoms with E-state index < -0.39 is 39.5 Å². The Hall–Kier alpha value is -3.06. The maximum absolute atomic E-state index is 15.3. The zero-order valence-corrected chi connectivity index (χ0v) is 24.0. The van der Waals surface area contributed by atoms with Gasteiger partial charge in [0.2, 0.25) is 10.0 Å². The number of anilines is 4. The molecule has 1 aromatic heterocycles. The highest BCUT2D eigenvalue weighted by atomic mass is 32.2. The van der Waals surface area contributed by atoms with Crippen molar-refractivity contribution in [1.82, 2.24) is 4.98 Å². The first-order chi connectivity index (χ1) is 19.3. The summed E-state index contributed by atoms with van der Waals surface area (Å²) < 4.78 is 70.0. The summed E-state index contributed by atoms with van der Waals surface area (Å²) in [5.41, 5.74) is 1.45. The van der Waals surface area contributed by atoms with Crippen LogP contribution in [0.3, 0.4) is 0 Å². The fraction of sp³-hybridized carbons (Fsp3) is 0.571. The third-order valence-corrected chi connectivity index (χ3v) is 10.2. The number of nitrogens with one attached hydrogen (secondary N) is 2. The SMILES string of the molecule is Cc1cc(NC(=O)c2cc(F)c(NS(=O)(=O)[C@@H](C)CO)cc2N2CCC3(CC2)CC3)cc(N2CCC(F)(F)CC2)n1. The molecule has 224 valence electrons. The molecular weight excluding hydrogens is 559 g/mol. The first kappa shape index (κ1) is 29.4. The van der Waals surface area contributed by atoms with Crippen LogP contribution in [0.4, 0.5) is 36.1 Å². The van der Waals surface area contributed by atoms with Crippen LogP contribution in [0.15, 0.2) is 24.3 Å². The molecule has 13 heteroatoms. The number of aliphatic hydroxyl groups is 1. The van der Waals surface area contributed by atoms with E-state index in [1.54, 1.807) is 24.0 Å². The highest BCUT2D eigenvalue weighted by molar-refractivity contribution is 7.93. The van der Waals surface area contributed by atoms with Crippen LogP contribution in [0.2, 0.25) is 0 Å². The lowest BCUT2D eigenvalue weighted by atomic mass is 9.93. The van der Waals surface area contributed by atoms with Crippen LogP contribution in [-0.2, 0) is 10.0 Å². The Morgan fingerprint density at radius 1 is 1.02 bits per heavy atom. The fourth-order valence-electron chi connectivity index (χ4n) is 5.48. The highest BCUT2D eigenvalue weighted by Gasteiger charge is 2.45. The predicted octanol–water partition coefficient (Wildman–Crippen LogP) is 4.52. The number of hydrogen-bond donors (Lipinski definition) is 3. The van der Waals surface area contributed by atoms with Crippen LogP contribution in [-0.4, -0.2) is 68.4 Å². The van der Waals surface area contributed by atoms with Crippen LogP contribution in [0, 0.1) is 18.2 Å². The molecule has 1 amide bonds.